The van der Waals surface area contributed by atoms with Gasteiger partial charge in [0.15, 0.2) is 0 Å². The Morgan fingerprint density at radius 3 is 1.89 bits per heavy atom. The molecule has 2 unspecified atom stereocenters. The van der Waals surface area contributed by atoms with Gasteiger partial charge in [-0.15, -0.1) is 0 Å². The third-order valence-corrected chi connectivity index (χ3v) is 14.1. The molecule has 0 aromatic heterocycles. The monoisotopic (exact) mass is 718 g/mol. The van der Waals surface area contributed by atoms with Crippen LogP contribution in [-0.2, 0) is 21.7 Å². The fourth-order valence-electron chi connectivity index (χ4n) is 10.8. The summed E-state index contributed by atoms with van der Waals surface area (Å²) in [6.45, 7) is 21.7. The lowest BCUT2D eigenvalue weighted by molar-refractivity contribution is 0.500. The highest BCUT2D eigenvalue weighted by Gasteiger charge is 2.54. The summed E-state index contributed by atoms with van der Waals surface area (Å²) in [6.07, 6.45) is 12.0. The van der Waals surface area contributed by atoms with Crippen LogP contribution in [0.2, 0.25) is 0 Å². The molecule has 3 aliphatic heterocycles. The molecule has 0 saturated carbocycles. The van der Waals surface area contributed by atoms with Crippen molar-refractivity contribution < 1.29 is 0 Å². The van der Waals surface area contributed by atoms with E-state index in [0.29, 0.717) is 5.92 Å². The molecule has 0 amide bonds. The van der Waals surface area contributed by atoms with Crippen molar-refractivity contribution >= 4 is 27.8 Å². The van der Waals surface area contributed by atoms with Crippen LogP contribution >= 0.6 is 0 Å². The van der Waals surface area contributed by atoms with Crippen molar-refractivity contribution in [3.63, 3.8) is 0 Å². The molecule has 55 heavy (non-hydrogen) atoms. The Labute approximate surface area is 328 Å². The number of hydrogen-bond acceptors (Lipinski definition) is 2. The largest absolute Gasteiger partial charge is 0.334 e. The first-order valence-electron chi connectivity index (χ1n) is 20.5. The molecule has 0 radical (unpaired) electrons. The first-order valence-corrected chi connectivity index (χ1v) is 20.5. The van der Waals surface area contributed by atoms with Gasteiger partial charge in [0, 0.05) is 33.5 Å². The zero-order chi connectivity index (χ0) is 38.2. The van der Waals surface area contributed by atoms with Gasteiger partial charge in [-0.1, -0.05) is 172 Å². The number of hydrogen-bond donors (Lipinski definition) is 0. The Morgan fingerprint density at radius 2 is 1.27 bits per heavy atom. The first kappa shape index (κ1) is 34.4. The molecule has 2 heteroatoms. The zero-order valence-electron chi connectivity index (χ0n) is 34.1. The molecule has 0 bridgehead atoms. The Balaban J connectivity index is 1.13. The molecule has 0 N–H and O–H groups in total. The number of allylic oxidation sites excluding steroid dienone is 4. The topological polar surface area (TPSA) is 6.48 Å². The molecular weight excluding hydrogens is 665 g/mol. The number of para-hydroxylation sites is 2. The number of anilines is 3. The van der Waals surface area contributed by atoms with Crippen LogP contribution in [0.3, 0.4) is 0 Å². The number of benzene rings is 5. The maximum atomic E-state index is 2.71. The van der Waals surface area contributed by atoms with E-state index in [1.807, 2.05) is 0 Å². The second kappa shape index (κ2) is 11.5. The minimum absolute atomic E-state index is 0.0870. The quantitative estimate of drug-likeness (QED) is 0.183. The zero-order valence-corrected chi connectivity index (χ0v) is 34.1. The molecule has 276 valence electrons. The van der Waals surface area contributed by atoms with Crippen molar-refractivity contribution in [1.82, 2.24) is 0 Å². The molecule has 2 aliphatic carbocycles. The second-order valence-corrected chi connectivity index (χ2v) is 19.4. The predicted octanol–water partition coefficient (Wildman–Crippen LogP) is 13.6. The van der Waals surface area contributed by atoms with Gasteiger partial charge in [-0.2, -0.15) is 0 Å². The van der Waals surface area contributed by atoms with Gasteiger partial charge in [-0.3, -0.25) is 0 Å². The van der Waals surface area contributed by atoms with Gasteiger partial charge >= 0.3 is 0 Å². The van der Waals surface area contributed by atoms with E-state index in [1.165, 1.54) is 78.2 Å². The highest BCUT2D eigenvalue weighted by molar-refractivity contribution is 5.93. The maximum absolute atomic E-state index is 2.71. The Morgan fingerprint density at radius 1 is 0.655 bits per heavy atom. The maximum Gasteiger partial charge on any atom is 0.0567 e. The smallest absolute Gasteiger partial charge is 0.0567 e. The molecule has 0 fully saturated rings. The summed E-state index contributed by atoms with van der Waals surface area (Å²) in [4.78, 5) is 5.38. The summed E-state index contributed by atoms with van der Waals surface area (Å²) in [5.74, 6) is 0.354. The van der Waals surface area contributed by atoms with Crippen LogP contribution in [0, 0.1) is 0 Å². The molecule has 5 aliphatic rings. The second-order valence-electron chi connectivity index (χ2n) is 19.4. The third kappa shape index (κ3) is 4.86. The predicted molar refractivity (Wildman–Crippen MR) is 233 cm³/mol. The molecule has 2 atom stereocenters. The standard InChI is InChI=1S/C53H54N2/c1-50(2,3)37-24-28-39(29-25-37)54(38-26-22-34(23-27-38)36-21-20-33-14-10-11-15-35(33)30-36)40-31-45-49-46(32-40)53(8,9)44-19-13-17-42-48(44)55(49)47-41(51(42,4)5)16-12-18-43(47)52(45,6)7/h10-22,24-31,34,40H,23,32H2,1-9H3. The Kier molecular flexibility index (Phi) is 7.18. The lowest BCUT2D eigenvalue weighted by atomic mass is 9.58. The summed E-state index contributed by atoms with van der Waals surface area (Å²) < 4.78 is 0. The minimum Gasteiger partial charge on any atom is -0.334 e. The normalized spacial score (nSPS) is 22.2. The SMILES string of the molecule is CC(C)(C)c1ccc(N(C2=CCC(c3ccc4ccccc4c3)C=C2)C2C=C3C4=C(C2)C(C)(C)c2cccc5c2N4c2c(cccc2C5(C)C)C3(C)C)cc1. The average Bonchev–Trinajstić information content (AvgIpc) is 3.17. The molecule has 2 nitrogen and oxygen atoms in total. The molecule has 5 aromatic carbocycles. The van der Waals surface area contributed by atoms with Crippen molar-refractivity contribution in [3.05, 3.63) is 183 Å². The molecular formula is C53H54N2. The minimum atomic E-state index is -0.170. The van der Waals surface area contributed by atoms with Crippen LogP contribution in [0.1, 0.15) is 114 Å². The van der Waals surface area contributed by atoms with Crippen molar-refractivity contribution in [1.29, 1.82) is 0 Å². The van der Waals surface area contributed by atoms with Gasteiger partial charge in [0.05, 0.1) is 23.1 Å². The van der Waals surface area contributed by atoms with Crippen molar-refractivity contribution in [2.45, 2.75) is 109 Å². The van der Waals surface area contributed by atoms with Gasteiger partial charge < -0.3 is 9.80 Å². The van der Waals surface area contributed by atoms with E-state index in [9.17, 15) is 0 Å². The van der Waals surface area contributed by atoms with Gasteiger partial charge in [-0.05, 0) is 91.8 Å². The van der Waals surface area contributed by atoms with Gasteiger partial charge in [-0.25, -0.2) is 0 Å². The van der Waals surface area contributed by atoms with E-state index in [0.717, 1.165) is 12.8 Å². The Bertz CT molecular complexity index is 2560. The van der Waals surface area contributed by atoms with Crippen LogP contribution < -0.4 is 9.80 Å². The van der Waals surface area contributed by atoms with Crippen LogP contribution in [0.15, 0.2) is 150 Å². The summed E-state index contributed by atoms with van der Waals surface area (Å²) in [5, 5.41) is 2.61. The number of rotatable bonds is 4. The van der Waals surface area contributed by atoms with E-state index in [1.54, 1.807) is 5.57 Å². The van der Waals surface area contributed by atoms with Crippen LogP contribution in [0.5, 0.6) is 0 Å². The first-order chi connectivity index (χ1) is 26.2. The molecule has 3 heterocycles. The van der Waals surface area contributed by atoms with Crippen molar-refractivity contribution in [2.75, 3.05) is 9.80 Å². The Hall–Kier alpha value is -5.08. The lowest BCUT2D eigenvalue weighted by Crippen LogP contribution is -2.50. The molecule has 0 spiro atoms. The van der Waals surface area contributed by atoms with E-state index >= 15 is 0 Å². The van der Waals surface area contributed by atoms with E-state index in [4.69, 9.17) is 0 Å². The number of fused-ring (bicyclic) bond motifs is 1. The highest BCUT2D eigenvalue weighted by atomic mass is 15.2. The van der Waals surface area contributed by atoms with Crippen LogP contribution in [-0.4, -0.2) is 6.04 Å². The van der Waals surface area contributed by atoms with E-state index < -0.39 is 0 Å². The fourth-order valence-corrected chi connectivity index (χ4v) is 10.8. The third-order valence-electron chi connectivity index (χ3n) is 14.1. The summed E-state index contributed by atoms with van der Waals surface area (Å²) in [6, 6.07) is 39.5. The average molecular weight is 719 g/mol. The van der Waals surface area contributed by atoms with E-state index in [-0.39, 0.29) is 27.7 Å². The fraction of sp³-hybridized carbons (Fsp3) is 0.321. The molecule has 10 rings (SSSR count). The number of nitrogens with zero attached hydrogens (tertiary/aromatic N) is 2. The lowest BCUT2D eigenvalue weighted by Gasteiger charge is -2.58. The summed E-state index contributed by atoms with van der Waals surface area (Å²) in [7, 11) is 0. The highest BCUT2D eigenvalue weighted by Crippen LogP contribution is 2.65. The molecule has 0 saturated heterocycles. The summed E-state index contributed by atoms with van der Waals surface area (Å²) >= 11 is 0. The van der Waals surface area contributed by atoms with Gasteiger partial charge in [0.1, 0.15) is 0 Å². The van der Waals surface area contributed by atoms with Crippen molar-refractivity contribution in [3.8, 4) is 0 Å². The molecule has 5 aromatic rings. The van der Waals surface area contributed by atoms with Gasteiger partial charge in [0.2, 0.25) is 0 Å². The van der Waals surface area contributed by atoms with Gasteiger partial charge in [0.25, 0.3) is 0 Å². The van der Waals surface area contributed by atoms with E-state index in [2.05, 4.69) is 200 Å². The van der Waals surface area contributed by atoms with Crippen molar-refractivity contribution in [2.24, 2.45) is 0 Å². The van der Waals surface area contributed by atoms with Crippen LogP contribution in [0.25, 0.3) is 10.8 Å². The van der Waals surface area contributed by atoms with Crippen LogP contribution in [0.4, 0.5) is 17.1 Å². The summed E-state index contributed by atoms with van der Waals surface area (Å²) in [5.41, 5.74) is 18.1.